The van der Waals surface area contributed by atoms with E-state index in [1.165, 1.54) is 0 Å². The number of rotatable bonds is 5. The highest BCUT2D eigenvalue weighted by Crippen LogP contribution is 2.29. The molecule has 1 aromatic heterocycles. The number of ether oxygens (including phenoxy) is 1. The molecule has 0 radical (unpaired) electrons. The van der Waals surface area contributed by atoms with Gasteiger partial charge in [-0.25, -0.2) is 9.59 Å². The molecule has 2 N–H and O–H groups in total. The highest BCUT2D eigenvalue weighted by Gasteiger charge is 2.20. The number of hydrogen-bond acceptors (Lipinski definition) is 5. The molecule has 7 heteroatoms. The van der Waals surface area contributed by atoms with E-state index in [2.05, 4.69) is 22.6 Å². The van der Waals surface area contributed by atoms with Crippen molar-refractivity contribution in [2.45, 2.75) is 53.1 Å². The average molecular weight is 466 g/mol. The van der Waals surface area contributed by atoms with Gasteiger partial charge >= 0.3 is 11.7 Å². The van der Waals surface area contributed by atoms with E-state index in [-0.39, 0.29) is 11.8 Å². The zero-order chi connectivity index (χ0) is 24.7. The third kappa shape index (κ3) is 6.17. The highest BCUT2D eigenvalue weighted by atomic mass is 16.5. The molecule has 0 saturated carbocycles. The molecule has 182 valence electrons. The lowest BCUT2D eigenvalue weighted by Crippen LogP contribution is -2.35. The Hall–Kier alpha value is -3.32. The van der Waals surface area contributed by atoms with E-state index in [0.717, 1.165) is 54.6 Å². The second-order valence-corrected chi connectivity index (χ2v) is 8.31. The largest absolute Gasteiger partial charge is 0.490 e. The Morgan fingerprint density at radius 2 is 1.85 bits per heavy atom. The summed E-state index contributed by atoms with van der Waals surface area (Å²) in [5.74, 6) is 0.726. The molecule has 4 rings (SSSR count). The quantitative estimate of drug-likeness (QED) is 0.465. The first kappa shape index (κ1) is 25.3. The minimum atomic E-state index is -0.602. The maximum absolute atomic E-state index is 12.6. The summed E-state index contributed by atoms with van der Waals surface area (Å²) in [6.07, 6.45) is 2.97. The summed E-state index contributed by atoms with van der Waals surface area (Å²) in [5, 5.41) is 6.08. The third-order valence-electron chi connectivity index (χ3n) is 5.90. The molecule has 3 aromatic rings. The van der Waals surface area contributed by atoms with Gasteiger partial charge in [-0.2, -0.15) is 0 Å². The second kappa shape index (κ2) is 11.7. The van der Waals surface area contributed by atoms with Crippen molar-refractivity contribution in [1.29, 1.82) is 0 Å². The number of fused-ring (bicyclic) bond motifs is 1. The number of aryl methyl sites for hydroxylation is 2. The Labute approximate surface area is 201 Å². The molecule has 2 heterocycles. The van der Waals surface area contributed by atoms with Crippen molar-refractivity contribution in [2.75, 3.05) is 30.8 Å². The summed E-state index contributed by atoms with van der Waals surface area (Å²) < 4.78 is 11.8. The fraction of sp³-hybridized carbons (Fsp3) is 0.407. The molecule has 2 amide bonds. The molecule has 0 atom stereocenters. The summed E-state index contributed by atoms with van der Waals surface area (Å²) in [6.45, 7) is 9.94. The first-order valence-corrected chi connectivity index (χ1v) is 12.0. The van der Waals surface area contributed by atoms with Crippen molar-refractivity contribution in [3.63, 3.8) is 0 Å². The minimum Gasteiger partial charge on any atom is -0.490 e. The number of carbonyl (C=O) groups excluding carboxylic acids is 1. The van der Waals surface area contributed by atoms with Gasteiger partial charge in [0.05, 0.1) is 0 Å². The number of urea groups is 1. The van der Waals surface area contributed by atoms with Gasteiger partial charge in [-0.15, -0.1) is 0 Å². The van der Waals surface area contributed by atoms with Gasteiger partial charge in [0.25, 0.3) is 0 Å². The Bertz CT molecular complexity index is 1180. The van der Waals surface area contributed by atoms with Crippen LogP contribution in [0.3, 0.4) is 0 Å². The predicted molar refractivity (Wildman–Crippen MR) is 138 cm³/mol. The van der Waals surface area contributed by atoms with Crippen LogP contribution in [0.2, 0.25) is 0 Å². The van der Waals surface area contributed by atoms with Crippen LogP contribution < -0.4 is 21.0 Å². The summed E-state index contributed by atoms with van der Waals surface area (Å²) >= 11 is 0. The molecule has 0 spiro atoms. The summed E-state index contributed by atoms with van der Waals surface area (Å²) in [7, 11) is 2.11. The lowest BCUT2D eigenvalue weighted by Gasteiger charge is -2.29. The van der Waals surface area contributed by atoms with Crippen molar-refractivity contribution >= 4 is 28.4 Å². The second-order valence-electron chi connectivity index (χ2n) is 8.31. The fourth-order valence-corrected chi connectivity index (χ4v) is 3.96. The Kier molecular flexibility index (Phi) is 8.71. The zero-order valence-electron chi connectivity index (χ0n) is 20.7. The molecule has 1 fully saturated rings. The maximum atomic E-state index is 12.6. The van der Waals surface area contributed by atoms with Gasteiger partial charge in [-0.1, -0.05) is 32.9 Å². The van der Waals surface area contributed by atoms with Gasteiger partial charge in [0.15, 0.2) is 0 Å². The molecule has 0 bridgehead atoms. The highest BCUT2D eigenvalue weighted by molar-refractivity contribution is 6.00. The molecule has 1 saturated heterocycles. The third-order valence-corrected chi connectivity index (χ3v) is 5.90. The number of carbonyl (C=O) groups is 1. The van der Waals surface area contributed by atoms with Crippen molar-refractivity contribution in [2.24, 2.45) is 0 Å². The van der Waals surface area contributed by atoms with Crippen molar-refractivity contribution < 1.29 is 13.9 Å². The first-order valence-electron chi connectivity index (χ1n) is 12.0. The number of likely N-dealkylation sites (tertiary alicyclic amines) is 1. The maximum Gasteiger partial charge on any atom is 0.360 e. The summed E-state index contributed by atoms with van der Waals surface area (Å²) in [6, 6.07) is 12.5. The van der Waals surface area contributed by atoms with Crippen LogP contribution in [-0.4, -0.2) is 37.2 Å². The topological polar surface area (TPSA) is 83.8 Å². The molecule has 0 unspecified atom stereocenters. The number of nitrogens with one attached hydrogen (secondary N) is 2. The molecule has 1 aliphatic rings. The molecule has 0 aliphatic carbocycles. The summed E-state index contributed by atoms with van der Waals surface area (Å²) in [5.41, 5.74) is 2.52. The number of anilines is 2. The van der Waals surface area contributed by atoms with E-state index in [4.69, 9.17) is 9.15 Å². The van der Waals surface area contributed by atoms with Crippen LogP contribution in [0.4, 0.5) is 16.2 Å². The van der Waals surface area contributed by atoms with Gasteiger partial charge in [0, 0.05) is 29.7 Å². The molecular weight excluding hydrogens is 430 g/mol. The normalized spacial score (nSPS) is 14.3. The lowest BCUT2D eigenvalue weighted by molar-refractivity contribution is 0.113. The lowest BCUT2D eigenvalue weighted by atomic mass is 10.1. The molecular formula is C27H35N3O4. The smallest absolute Gasteiger partial charge is 0.360 e. The standard InChI is InChI=1S/C25H29N3O4.C2H6/c1-4-17-6-5-7-19(14-17)26-25(30)27-21-15-18-8-9-22(16(2)23(18)32-24(21)29)31-20-10-12-28(3)13-11-20;1-2/h5-9,14-15,20H,4,10-13H2,1-3H3,(H2,26,27,30);1-2H3. The zero-order valence-corrected chi connectivity index (χ0v) is 20.7. The van der Waals surface area contributed by atoms with Crippen molar-refractivity contribution in [3.05, 3.63) is 64.0 Å². The first-order chi connectivity index (χ1) is 16.4. The van der Waals surface area contributed by atoms with Crippen LogP contribution in [0, 0.1) is 6.92 Å². The molecule has 2 aromatic carbocycles. The van der Waals surface area contributed by atoms with Crippen molar-refractivity contribution in [1.82, 2.24) is 4.90 Å². The van der Waals surface area contributed by atoms with E-state index in [9.17, 15) is 9.59 Å². The Balaban J connectivity index is 0.00000158. The van der Waals surface area contributed by atoms with Gasteiger partial charge in [-0.3, -0.25) is 0 Å². The number of nitrogens with zero attached hydrogens (tertiary/aromatic N) is 1. The van der Waals surface area contributed by atoms with Crippen LogP contribution in [0.5, 0.6) is 5.75 Å². The van der Waals surface area contributed by atoms with Crippen molar-refractivity contribution in [3.8, 4) is 5.75 Å². The Morgan fingerprint density at radius 3 is 2.56 bits per heavy atom. The van der Waals surface area contributed by atoms with Gasteiger partial charge < -0.3 is 24.7 Å². The van der Waals surface area contributed by atoms with Crippen LogP contribution in [0.25, 0.3) is 11.0 Å². The molecule has 7 nitrogen and oxygen atoms in total. The van der Waals surface area contributed by atoms with Gasteiger partial charge in [0.1, 0.15) is 23.1 Å². The predicted octanol–water partition coefficient (Wildman–Crippen LogP) is 5.81. The van der Waals surface area contributed by atoms with Crippen LogP contribution in [0.15, 0.2) is 51.7 Å². The van der Waals surface area contributed by atoms with E-state index >= 15 is 0 Å². The summed E-state index contributed by atoms with van der Waals surface area (Å²) in [4.78, 5) is 27.3. The Morgan fingerprint density at radius 1 is 1.12 bits per heavy atom. The number of hydrogen-bond donors (Lipinski definition) is 2. The van der Waals surface area contributed by atoms with Gasteiger partial charge in [-0.05, 0) is 69.1 Å². The molecule has 34 heavy (non-hydrogen) atoms. The van der Waals surface area contributed by atoms with E-state index in [0.29, 0.717) is 11.3 Å². The monoisotopic (exact) mass is 465 g/mol. The number of piperidine rings is 1. The number of benzene rings is 2. The fourth-order valence-electron chi connectivity index (χ4n) is 3.96. The van der Waals surface area contributed by atoms with Crippen LogP contribution in [-0.2, 0) is 6.42 Å². The molecule has 1 aliphatic heterocycles. The van der Waals surface area contributed by atoms with Crippen LogP contribution in [0.1, 0.15) is 44.7 Å². The van der Waals surface area contributed by atoms with E-state index in [1.807, 2.05) is 58.0 Å². The average Bonchev–Trinajstić information content (AvgIpc) is 2.84. The SMILES string of the molecule is CC.CCc1cccc(NC(=O)Nc2cc3ccc(OC4CCN(C)CC4)c(C)c3oc2=O)c1. The van der Waals surface area contributed by atoms with E-state index < -0.39 is 11.7 Å². The van der Waals surface area contributed by atoms with Crippen LogP contribution >= 0.6 is 0 Å². The van der Waals surface area contributed by atoms with Gasteiger partial charge in [0.2, 0.25) is 0 Å². The van der Waals surface area contributed by atoms with E-state index in [1.54, 1.807) is 12.1 Å². The number of amides is 2. The minimum absolute atomic E-state index is 0.0880.